The van der Waals surface area contributed by atoms with E-state index in [0.717, 1.165) is 45.1 Å². The zero-order chi connectivity index (χ0) is 23.8. The number of Topliss-reactive ketones (excluding diaryl/α,β-unsaturated/α-hetero) is 2. The van der Waals surface area contributed by atoms with Crippen molar-refractivity contribution in [3.8, 4) is 5.88 Å². The van der Waals surface area contributed by atoms with Gasteiger partial charge >= 0.3 is 0 Å². The zero-order valence-corrected chi connectivity index (χ0v) is 20.6. The van der Waals surface area contributed by atoms with Gasteiger partial charge in [-0.15, -0.1) is 0 Å². The molecule has 0 amide bonds. The lowest BCUT2D eigenvalue weighted by molar-refractivity contribution is -0.251. The second-order valence-electron chi connectivity index (χ2n) is 10.2. The Hall–Kier alpha value is -1.61. The van der Waals surface area contributed by atoms with Crippen molar-refractivity contribution >= 4 is 23.2 Å². The van der Waals surface area contributed by atoms with Gasteiger partial charge in [-0.05, 0) is 52.1 Å². The monoisotopic (exact) mass is 491 g/mol. The van der Waals surface area contributed by atoms with Crippen molar-refractivity contribution < 1.29 is 23.8 Å². The summed E-state index contributed by atoms with van der Waals surface area (Å²) in [5, 5.41) is 0.139. The summed E-state index contributed by atoms with van der Waals surface area (Å²) in [6.45, 7) is 2.49. The summed E-state index contributed by atoms with van der Waals surface area (Å²) in [4.78, 5) is 38.6. The first kappa shape index (κ1) is 24.1. The first-order valence-corrected chi connectivity index (χ1v) is 13.1. The van der Waals surface area contributed by atoms with Crippen LogP contribution in [0.25, 0.3) is 0 Å². The third-order valence-electron chi connectivity index (χ3n) is 8.28. The van der Waals surface area contributed by atoms with Crippen molar-refractivity contribution in [1.82, 2.24) is 14.9 Å². The van der Waals surface area contributed by atoms with Crippen LogP contribution in [0.5, 0.6) is 5.88 Å². The van der Waals surface area contributed by atoms with E-state index in [-0.39, 0.29) is 28.4 Å². The fourth-order valence-electron chi connectivity index (χ4n) is 6.44. The number of halogens is 1. The van der Waals surface area contributed by atoms with E-state index in [4.69, 9.17) is 25.8 Å². The van der Waals surface area contributed by atoms with Crippen LogP contribution >= 0.6 is 11.6 Å². The highest BCUT2D eigenvalue weighted by molar-refractivity contribution is 6.29. The van der Waals surface area contributed by atoms with Crippen LogP contribution in [0.4, 0.5) is 0 Å². The number of likely N-dealkylation sites (N-methyl/N-ethyl adjacent to an activating group) is 1. The molecule has 0 bridgehead atoms. The van der Waals surface area contributed by atoms with Crippen LogP contribution in [0.2, 0.25) is 5.15 Å². The van der Waals surface area contributed by atoms with Crippen molar-refractivity contribution in [1.29, 1.82) is 0 Å². The Labute approximate surface area is 205 Å². The van der Waals surface area contributed by atoms with E-state index < -0.39 is 17.1 Å². The summed E-state index contributed by atoms with van der Waals surface area (Å²) in [6.07, 6.45) is 8.30. The van der Waals surface area contributed by atoms with Gasteiger partial charge in [-0.25, -0.2) is 4.98 Å². The predicted molar refractivity (Wildman–Crippen MR) is 125 cm³/mol. The number of carbonyl (C=O) groups excluding carboxylic acids is 2. The van der Waals surface area contributed by atoms with E-state index >= 15 is 0 Å². The van der Waals surface area contributed by atoms with Gasteiger partial charge in [0.2, 0.25) is 17.5 Å². The van der Waals surface area contributed by atoms with E-state index in [0.29, 0.717) is 51.5 Å². The van der Waals surface area contributed by atoms with Crippen LogP contribution in [-0.2, 0) is 14.3 Å². The minimum Gasteiger partial charge on any atom is -0.476 e. The number of fused-ring (bicyclic) bond motifs is 1. The molecule has 2 aliphatic heterocycles. The molecule has 2 saturated heterocycles. The van der Waals surface area contributed by atoms with Gasteiger partial charge in [0, 0.05) is 18.5 Å². The Morgan fingerprint density at radius 1 is 1.12 bits per heavy atom. The second kappa shape index (κ2) is 9.80. The zero-order valence-electron chi connectivity index (χ0n) is 19.9. The standard InChI is InChI=1S/C25H34ClN3O5/c1-29-12-6-7-17(29)16-32-20-15-19(26)27-23(28-20)21(30)18-8-2-3-9-24(22(18)31)10-4-5-11-25(24)33-13-14-34-25/h15,17-18H,2-14,16H2,1H3. The average Bonchev–Trinajstić information content (AvgIpc) is 3.43. The summed E-state index contributed by atoms with van der Waals surface area (Å²) < 4.78 is 18.2. The van der Waals surface area contributed by atoms with Crippen LogP contribution in [0.3, 0.4) is 0 Å². The molecule has 5 rings (SSSR count). The molecular weight excluding hydrogens is 458 g/mol. The minimum atomic E-state index is -0.901. The lowest BCUT2D eigenvalue weighted by Crippen LogP contribution is -2.57. The lowest BCUT2D eigenvalue weighted by Gasteiger charge is -2.49. The first-order valence-electron chi connectivity index (χ1n) is 12.7. The van der Waals surface area contributed by atoms with E-state index in [1.54, 1.807) is 0 Å². The van der Waals surface area contributed by atoms with Crippen LogP contribution in [0, 0.1) is 11.3 Å². The number of likely N-dealkylation sites (tertiary alicyclic amines) is 1. The van der Waals surface area contributed by atoms with Gasteiger partial charge in [0.15, 0.2) is 11.6 Å². The maximum atomic E-state index is 14.1. The van der Waals surface area contributed by atoms with Crippen LogP contribution < -0.4 is 4.74 Å². The van der Waals surface area contributed by atoms with E-state index in [1.165, 1.54) is 6.07 Å². The highest BCUT2D eigenvalue weighted by Gasteiger charge is 2.62. The van der Waals surface area contributed by atoms with Gasteiger partial charge in [0.05, 0.1) is 24.5 Å². The average molecular weight is 492 g/mol. The minimum absolute atomic E-state index is 0.0456. The molecule has 0 aromatic carbocycles. The SMILES string of the molecule is CN1CCCC1COc1cc(Cl)nc(C(=O)C2CCCCC3(CCCCC34OCCO4)C2=O)n1. The topological polar surface area (TPSA) is 90.9 Å². The van der Waals surface area contributed by atoms with Crippen molar-refractivity contribution in [3.05, 3.63) is 17.0 Å². The summed E-state index contributed by atoms with van der Waals surface area (Å²) in [7, 11) is 2.08. The fraction of sp³-hybridized carbons (Fsp3) is 0.760. The number of ketones is 2. The quantitative estimate of drug-likeness (QED) is 0.348. The van der Waals surface area contributed by atoms with E-state index in [9.17, 15) is 9.59 Å². The van der Waals surface area contributed by atoms with Crippen molar-refractivity contribution in [3.63, 3.8) is 0 Å². The number of hydrogen-bond donors (Lipinski definition) is 0. The number of aromatic nitrogens is 2. The summed E-state index contributed by atoms with van der Waals surface area (Å²) >= 11 is 6.25. The van der Waals surface area contributed by atoms with E-state index in [1.807, 2.05) is 0 Å². The largest absolute Gasteiger partial charge is 0.476 e. The Balaban J connectivity index is 1.39. The van der Waals surface area contributed by atoms with Crippen LogP contribution in [0.15, 0.2) is 6.07 Å². The van der Waals surface area contributed by atoms with E-state index in [2.05, 4.69) is 21.9 Å². The highest BCUT2D eigenvalue weighted by Crippen LogP contribution is 2.55. The molecule has 2 saturated carbocycles. The number of hydrogen-bond acceptors (Lipinski definition) is 8. The Kier molecular flexibility index (Phi) is 6.95. The molecule has 9 heteroatoms. The number of ether oxygens (including phenoxy) is 3. The molecule has 3 atom stereocenters. The highest BCUT2D eigenvalue weighted by atomic mass is 35.5. The fourth-order valence-corrected chi connectivity index (χ4v) is 6.61. The molecule has 1 aromatic rings. The predicted octanol–water partition coefficient (Wildman–Crippen LogP) is 3.85. The molecule has 186 valence electrons. The molecule has 34 heavy (non-hydrogen) atoms. The molecule has 8 nitrogen and oxygen atoms in total. The van der Waals surface area contributed by atoms with Crippen molar-refractivity contribution in [2.24, 2.45) is 11.3 Å². The molecule has 4 fully saturated rings. The maximum Gasteiger partial charge on any atom is 0.218 e. The van der Waals surface area contributed by atoms with Crippen molar-refractivity contribution in [2.45, 2.75) is 76.0 Å². The third-order valence-corrected chi connectivity index (χ3v) is 8.47. The number of rotatable bonds is 5. The van der Waals surface area contributed by atoms with Gasteiger partial charge < -0.3 is 19.1 Å². The molecule has 4 aliphatic rings. The molecule has 0 N–H and O–H groups in total. The van der Waals surface area contributed by atoms with Crippen LogP contribution in [0.1, 0.15) is 74.8 Å². The molecule has 2 aliphatic carbocycles. The third kappa shape index (κ3) is 4.27. The Morgan fingerprint density at radius 3 is 2.59 bits per heavy atom. The molecule has 3 heterocycles. The molecule has 3 unspecified atom stereocenters. The molecule has 0 radical (unpaired) electrons. The van der Waals surface area contributed by atoms with Gasteiger partial charge in [-0.2, -0.15) is 4.98 Å². The summed E-state index contributed by atoms with van der Waals surface area (Å²) in [5.74, 6) is -1.95. The van der Waals surface area contributed by atoms with Gasteiger partial charge in [-0.1, -0.05) is 30.9 Å². The lowest BCUT2D eigenvalue weighted by atomic mass is 9.62. The maximum absolute atomic E-state index is 14.1. The summed E-state index contributed by atoms with van der Waals surface area (Å²) in [5.41, 5.74) is -0.788. The van der Waals surface area contributed by atoms with Gasteiger partial charge in [-0.3, -0.25) is 9.59 Å². The number of carbonyl (C=O) groups is 2. The van der Waals surface area contributed by atoms with Crippen LogP contribution in [-0.4, -0.2) is 71.7 Å². The first-order chi connectivity index (χ1) is 16.4. The van der Waals surface area contributed by atoms with Gasteiger partial charge in [0.1, 0.15) is 11.8 Å². The number of nitrogens with zero attached hydrogens (tertiary/aromatic N) is 3. The Bertz CT molecular complexity index is 937. The van der Waals surface area contributed by atoms with Gasteiger partial charge in [0.25, 0.3) is 0 Å². The molecule has 2 spiro atoms. The smallest absolute Gasteiger partial charge is 0.218 e. The molecule has 1 aromatic heterocycles. The Morgan fingerprint density at radius 2 is 1.85 bits per heavy atom. The summed E-state index contributed by atoms with van der Waals surface area (Å²) in [6, 6.07) is 1.84. The normalized spacial score (nSPS) is 31.8. The van der Waals surface area contributed by atoms with Crippen molar-refractivity contribution in [2.75, 3.05) is 33.4 Å². The molecular formula is C25H34ClN3O5. The second-order valence-corrected chi connectivity index (χ2v) is 10.6.